The molecule has 1 fully saturated rings. The molecule has 0 bridgehead atoms. The highest BCUT2D eigenvalue weighted by molar-refractivity contribution is 5.69. The van der Waals surface area contributed by atoms with Gasteiger partial charge in [-0.25, -0.2) is 0 Å². The van der Waals surface area contributed by atoms with Crippen molar-refractivity contribution in [2.24, 2.45) is 0 Å². The number of aliphatic carboxylic acids is 1. The van der Waals surface area contributed by atoms with Gasteiger partial charge in [0.2, 0.25) is 0 Å². The molecule has 0 aromatic heterocycles. The van der Waals surface area contributed by atoms with E-state index in [0.717, 1.165) is 18.8 Å². The Morgan fingerprint density at radius 2 is 2.33 bits per heavy atom. The predicted octanol–water partition coefficient (Wildman–Crippen LogP) is 0.811. The van der Waals surface area contributed by atoms with Crippen LogP contribution in [0.1, 0.15) is 12.0 Å². The van der Waals surface area contributed by atoms with Crippen LogP contribution in [-0.2, 0) is 4.79 Å². The Labute approximate surface area is 106 Å². The average Bonchev–Trinajstić information content (AvgIpc) is 2.39. The molecule has 0 radical (unpaired) electrons. The number of nitrogens with zero attached hydrogens (tertiary/aromatic N) is 2. The number of nitriles is 1. The molecule has 1 aromatic rings. The third-order valence-electron chi connectivity index (χ3n) is 3.09. The van der Waals surface area contributed by atoms with Crippen molar-refractivity contribution in [2.45, 2.75) is 12.5 Å². The predicted molar refractivity (Wildman–Crippen MR) is 67.4 cm³/mol. The molecule has 0 saturated carbocycles. The molecule has 1 atom stereocenters. The molecule has 0 spiro atoms. The van der Waals surface area contributed by atoms with Crippen LogP contribution in [0.15, 0.2) is 24.3 Å². The van der Waals surface area contributed by atoms with Crippen LogP contribution in [0.2, 0.25) is 0 Å². The first-order chi connectivity index (χ1) is 8.72. The molecular weight excluding hydrogens is 230 g/mol. The van der Waals surface area contributed by atoms with Crippen molar-refractivity contribution in [3.63, 3.8) is 0 Å². The van der Waals surface area contributed by atoms with E-state index in [1.165, 1.54) is 0 Å². The number of rotatable bonds is 3. The van der Waals surface area contributed by atoms with Crippen molar-refractivity contribution in [3.05, 3.63) is 29.8 Å². The monoisotopic (exact) mass is 245 g/mol. The van der Waals surface area contributed by atoms with E-state index in [0.29, 0.717) is 12.1 Å². The normalized spacial score (nSPS) is 19.3. The summed E-state index contributed by atoms with van der Waals surface area (Å²) in [5.41, 5.74) is 1.42. The van der Waals surface area contributed by atoms with E-state index in [1.54, 1.807) is 6.07 Å². The van der Waals surface area contributed by atoms with E-state index >= 15 is 0 Å². The first-order valence-corrected chi connectivity index (χ1v) is 5.90. The number of hydrogen-bond donors (Lipinski definition) is 2. The number of benzene rings is 1. The molecule has 1 aliphatic rings. The van der Waals surface area contributed by atoms with Gasteiger partial charge in [-0.05, 0) is 12.1 Å². The third kappa shape index (κ3) is 2.60. The Kier molecular flexibility index (Phi) is 3.80. The summed E-state index contributed by atoms with van der Waals surface area (Å²) in [6, 6.07) is 9.37. The number of carboxylic acids is 1. The minimum Gasteiger partial charge on any atom is -0.481 e. The summed E-state index contributed by atoms with van der Waals surface area (Å²) < 4.78 is 0. The highest BCUT2D eigenvalue weighted by atomic mass is 16.4. The SMILES string of the molecule is N#Cc1ccccc1N1CCNCC1CC(=O)O. The first-order valence-electron chi connectivity index (χ1n) is 5.90. The number of carboxylic acid groups (broad SMARTS) is 1. The van der Waals surface area contributed by atoms with Gasteiger partial charge in [0.25, 0.3) is 0 Å². The fraction of sp³-hybridized carbons (Fsp3) is 0.385. The van der Waals surface area contributed by atoms with E-state index in [9.17, 15) is 4.79 Å². The maximum Gasteiger partial charge on any atom is 0.305 e. The molecule has 1 saturated heterocycles. The molecule has 1 heterocycles. The molecule has 5 nitrogen and oxygen atoms in total. The van der Waals surface area contributed by atoms with Crippen molar-refractivity contribution in [2.75, 3.05) is 24.5 Å². The Morgan fingerprint density at radius 3 is 3.06 bits per heavy atom. The zero-order valence-corrected chi connectivity index (χ0v) is 9.97. The van der Waals surface area contributed by atoms with Gasteiger partial charge >= 0.3 is 5.97 Å². The lowest BCUT2D eigenvalue weighted by Gasteiger charge is -2.37. The van der Waals surface area contributed by atoms with Crippen LogP contribution >= 0.6 is 0 Å². The smallest absolute Gasteiger partial charge is 0.305 e. The fourth-order valence-corrected chi connectivity index (χ4v) is 2.28. The highest BCUT2D eigenvalue weighted by Crippen LogP contribution is 2.23. The standard InChI is InChI=1S/C13H15N3O2/c14-8-10-3-1-2-4-12(10)16-6-5-15-9-11(16)7-13(17)18/h1-4,11,15H,5-7,9H2,(H,17,18). The Bertz CT molecular complexity index is 481. The second kappa shape index (κ2) is 5.52. The summed E-state index contributed by atoms with van der Waals surface area (Å²) in [5, 5.41) is 21.2. The fourth-order valence-electron chi connectivity index (χ4n) is 2.28. The van der Waals surface area contributed by atoms with E-state index < -0.39 is 5.97 Å². The van der Waals surface area contributed by atoms with Gasteiger partial charge in [0, 0.05) is 19.6 Å². The van der Waals surface area contributed by atoms with Gasteiger partial charge in [0.1, 0.15) is 6.07 Å². The lowest BCUT2D eigenvalue weighted by molar-refractivity contribution is -0.137. The van der Waals surface area contributed by atoms with E-state index in [1.807, 2.05) is 23.1 Å². The molecule has 0 amide bonds. The summed E-state index contributed by atoms with van der Waals surface area (Å²) in [6.45, 7) is 2.15. The van der Waals surface area contributed by atoms with Gasteiger partial charge < -0.3 is 15.3 Å². The van der Waals surface area contributed by atoms with E-state index in [-0.39, 0.29) is 12.5 Å². The molecule has 0 aliphatic carbocycles. The zero-order valence-electron chi connectivity index (χ0n) is 9.97. The van der Waals surface area contributed by atoms with Crippen molar-refractivity contribution in [1.82, 2.24) is 5.32 Å². The van der Waals surface area contributed by atoms with E-state index in [2.05, 4.69) is 11.4 Å². The van der Waals surface area contributed by atoms with Crippen LogP contribution in [0.4, 0.5) is 5.69 Å². The van der Waals surface area contributed by atoms with Gasteiger partial charge in [-0.2, -0.15) is 5.26 Å². The summed E-state index contributed by atoms with van der Waals surface area (Å²) in [4.78, 5) is 12.9. The average molecular weight is 245 g/mol. The zero-order chi connectivity index (χ0) is 13.0. The van der Waals surface area contributed by atoms with Crippen LogP contribution in [0.5, 0.6) is 0 Å². The molecule has 2 N–H and O–H groups in total. The van der Waals surface area contributed by atoms with Gasteiger partial charge in [0.15, 0.2) is 0 Å². The van der Waals surface area contributed by atoms with Crippen LogP contribution in [0.25, 0.3) is 0 Å². The summed E-state index contributed by atoms with van der Waals surface area (Å²) in [5.74, 6) is -0.817. The molecule has 94 valence electrons. The molecule has 2 rings (SSSR count). The third-order valence-corrected chi connectivity index (χ3v) is 3.09. The largest absolute Gasteiger partial charge is 0.481 e. The Balaban J connectivity index is 2.28. The summed E-state index contributed by atoms with van der Waals surface area (Å²) in [6.07, 6.45) is 0.0762. The van der Waals surface area contributed by atoms with Crippen molar-refractivity contribution in [3.8, 4) is 6.07 Å². The van der Waals surface area contributed by atoms with E-state index in [4.69, 9.17) is 10.4 Å². The van der Waals surface area contributed by atoms with Crippen LogP contribution in [0, 0.1) is 11.3 Å². The second-order valence-electron chi connectivity index (χ2n) is 4.28. The van der Waals surface area contributed by atoms with Crippen LogP contribution in [0.3, 0.4) is 0 Å². The lowest BCUT2D eigenvalue weighted by atomic mass is 10.1. The maximum atomic E-state index is 10.9. The number of nitrogens with one attached hydrogen (secondary N) is 1. The highest BCUT2D eigenvalue weighted by Gasteiger charge is 2.25. The van der Waals surface area contributed by atoms with Crippen molar-refractivity contribution >= 4 is 11.7 Å². The number of anilines is 1. The quantitative estimate of drug-likeness (QED) is 0.824. The summed E-state index contributed by atoms with van der Waals surface area (Å²) in [7, 11) is 0. The first kappa shape index (κ1) is 12.4. The lowest BCUT2D eigenvalue weighted by Crippen LogP contribution is -2.52. The number of para-hydroxylation sites is 1. The molecule has 5 heteroatoms. The summed E-state index contributed by atoms with van der Waals surface area (Å²) >= 11 is 0. The number of carbonyl (C=O) groups is 1. The van der Waals surface area contributed by atoms with Crippen molar-refractivity contribution < 1.29 is 9.90 Å². The van der Waals surface area contributed by atoms with Gasteiger partial charge in [0.05, 0.1) is 23.7 Å². The Morgan fingerprint density at radius 1 is 1.56 bits per heavy atom. The van der Waals surface area contributed by atoms with Crippen molar-refractivity contribution in [1.29, 1.82) is 5.26 Å². The number of hydrogen-bond acceptors (Lipinski definition) is 4. The maximum absolute atomic E-state index is 10.9. The van der Waals surface area contributed by atoms with Crippen LogP contribution in [-0.4, -0.2) is 36.8 Å². The van der Waals surface area contributed by atoms with Gasteiger partial charge in [-0.3, -0.25) is 4.79 Å². The minimum absolute atomic E-state index is 0.0762. The topological polar surface area (TPSA) is 76.4 Å². The molecule has 1 aliphatic heterocycles. The number of piperazine rings is 1. The Hall–Kier alpha value is -2.06. The molecule has 1 unspecified atom stereocenters. The molecule has 1 aromatic carbocycles. The van der Waals surface area contributed by atoms with Crippen LogP contribution < -0.4 is 10.2 Å². The second-order valence-corrected chi connectivity index (χ2v) is 4.28. The minimum atomic E-state index is -0.817. The van der Waals surface area contributed by atoms with Gasteiger partial charge in [-0.1, -0.05) is 12.1 Å². The molecular formula is C13H15N3O2. The van der Waals surface area contributed by atoms with Gasteiger partial charge in [-0.15, -0.1) is 0 Å². The molecule has 18 heavy (non-hydrogen) atoms.